The van der Waals surface area contributed by atoms with E-state index in [0.717, 1.165) is 17.1 Å². The van der Waals surface area contributed by atoms with Crippen LogP contribution < -0.4 is 4.74 Å². The molecule has 3 nitrogen and oxygen atoms in total. The van der Waals surface area contributed by atoms with Crippen LogP contribution in [0.15, 0.2) is 18.2 Å². The summed E-state index contributed by atoms with van der Waals surface area (Å²) in [6.45, 7) is 6.55. The van der Waals surface area contributed by atoms with Gasteiger partial charge < -0.3 is 4.74 Å². The Morgan fingerprint density at radius 1 is 1.05 bits per heavy atom. The van der Waals surface area contributed by atoms with E-state index in [1.165, 1.54) is 43.2 Å². The first-order valence-corrected chi connectivity index (χ1v) is 8.35. The fourth-order valence-corrected chi connectivity index (χ4v) is 3.28. The fraction of sp³-hybridized carbons (Fsp3) is 0.579. The largest absolute Gasteiger partial charge is 0.497 e. The van der Waals surface area contributed by atoms with Crippen LogP contribution in [-0.2, 0) is 5.41 Å². The van der Waals surface area contributed by atoms with Crippen molar-refractivity contribution in [2.24, 2.45) is 0 Å². The molecule has 0 amide bonds. The molecule has 1 heterocycles. The van der Waals surface area contributed by atoms with Crippen LogP contribution >= 0.6 is 0 Å². The minimum absolute atomic E-state index is 0.0302. The number of fused-ring (bicyclic) bond motifs is 1. The van der Waals surface area contributed by atoms with Gasteiger partial charge in [0, 0.05) is 16.7 Å². The van der Waals surface area contributed by atoms with Crippen molar-refractivity contribution in [1.82, 2.24) is 9.97 Å². The number of ether oxygens (including phenoxy) is 1. The van der Waals surface area contributed by atoms with E-state index in [9.17, 15) is 0 Å². The molecular formula is C19H26N2O. The first-order valence-electron chi connectivity index (χ1n) is 8.35. The van der Waals surface area contributed by atoms with E-state index in [0.29, 0.717) is 5.92 Å². The first kappa shape index (κ1) is 15.3. The van der Waals surface area contributed by atoms with E-state index in [2.05, 4.69) is 32.9 Å². The third kappa shape index (κ3) is 2.94. The van der Waals surface area contributed by atoms with E-state index in [4.69, 9.17) is 14.7 Å². The van der Waals surface area contributed by atoms with E-state index in [1.54, 1.807) is 7.11 Å². The summed E-state index contributed by atoms with van der Waals surface area (Å²) in [4.78, 5) is 9.82. The minimum atomic E-state index is -0.0302. The Hall–Kier alpha value is -1.64. The molecule has 1 aliphatic carbocycles. The van der Waals surface area contributed by atoms with Crippen LogP contribution in [0, 0.1) is 0 Å². The van der Waals surface area contributed by atoms with Gasteiger partial charge in [-0.2, -0.15) is 0 Å². The number of rotatable bonds is 2. The summed E-state index contributed by atoms with van der Waals surface area (Å²) >= 11 is 0. The minimum Gasteiger partial charge on any atom is -0.497 e. The molecule has 0 aliphatic heterocycles. The molecule has 0 unspecified atom stereocenters. The molecule has 22 heavy (non-hydrogen) atoms. The maximum Gasteiger partial charge on any atom is 0.134 e. The van der Waals surface area contributed by atoms with Crippen LogP contribution in [0.3, 0.4) is 0 Å². The van der Waals surface area contributed by atoms with E-state index in [1.807, 2.05) is 6.07 Å². The average Bonchev–Trinajstić information content (AvgIpc) is 2.53. The van der Waals surface area contributed by atoms with E-state index < -0.39 is 0 Å². The second-order valence-corrected chi connectivity index (χ2v) is 7.40. The summed E-state index contributed by atoms with van der Waals surface area (Å²) in [5.41, 5.74) is 2.24. The van der Waals surface area contributed by atoms with Gasteiger partial charge in [-0.25, -0.2) is 9.97 Å². The van der Waals surface area contributed by atoms with Crippen molar-refractivity contribution < 1.29 is 4.74 Å². The van der Waals surface area contributed by atoms with Crippen molar-refractivity contribution in [3.8, 4) is 5.75 Å². The lowest BCUT2D eigenvalue weighted by molar-refractivity contribution is 0.414. The molecule has 0 bridgehead atoms. The molecule has 0 radical (unpaired) electrons. The van der Waals surface area contributed by atoms with Crippen LogP contribution in [-0.4, -0.2) is 17.1 Å². The summed E-state index contributed by atoms with van der Waals surface area (Å²) in [6, 6.07) is 6.16. The Balaban J connectivity index is 2.19. The number of methoxy groups -OCH3 is 1. The van der Waals surface area contributed by atoms with Crippen LogP contribution in [0.2, 0.25) is 0 Å². The Morgan fingerprint density at radius 3 is 2.41 bits per heavy atom. The highest BCUT2D eigenvalue weighted by atomic mass is 16.5. The van der Waals surface area contributed by atoms with E-state index >= 15 is 0 Å². The molecule has 1 fully saturated rings. The van der Waals surface area contributed by atoms with Gasteiger partial charge in [-0.15, -0.1) is 0 Å². The fourth-order valence-electron chi connectivity index (χ4n) is 3.28. The van der Waals surface area contributed by atoms with Crippen LogP contribution in [0.1, 0.15) is 70.3 Å². The van der Waals surface area contributed by atoms with Gasteiger partial charge in [0.25, 0.3) is 0 Å². The van der Waals surface area contributed by atoms with Gasteiger partial charge in [-0.3, -0.25) is 0 Å². The van der Waals surface area contributed by atoms with Crippen molar-refractivity contribution in [3.05, 3.63) is 29.7 Å². The van der Waals surface area contributed by atoms with Gasteiger partial charge in [0.2, 0.25) is 0 Å². The SMILES string of the molecule is COc1ccc2nc(C(C)(C)C)nc(C3CCCCC3)c2c1. The standard InChI is InChI=1S/C19H26N2O/c1-19(2,3)18-20-16-11-10-14(22-4)12-15(16)17(21-18)13-8-6-5-7-9-13/h10-13H,5-9H2,1-4H3. The van der Waals surface area contributed by atoms with Crippen molar-refractivity contribution in [3.63, 3.8) is 0 Å². The quantitative estimate of drug-likeness (QED) is 0.784. The molecule has 0 N–H and O–H groups in total. The van der Waals surface area contributed by atoms with Crippen molar-refractivity contribution in [1.29, 1.82) is 0 Å². The van der Waals surface area contributed by atoms with Crippen LogP contribution in [0.5, 0.6) is 5.75 Å². The van der Waals surface area contributed by atoms with Gasteiger partial charge >= 0.3 is 0 Å². The van der Waals surface area contributed by atoms with Gasteiger partial charge in [0.05, 0.1) is 18.3 Å². The summed E-state index contributed by atoms with van der Waals surface area (Å²) in [5, 5.41) is 1.17. The molecule has 118 valence electrons. The predicted molar refractivity (Wildman–Crippen MR) is 90.6 cm³/mol. The lowest BCUT2D eigenvalue weighted by Crippen LogP contribution is -2.19. The van der Waals surface area contributed by atoms with Gasteiger partial charge in [0.1, 0.15) is 11.6 Å². The van der Waals surface area contributed by atoms with Crippen LogP contribution in [0.25, 0.3) is 10.9 Å². The highest BCUT2D eigenvalue weighted by Gasteiger charge is 2.24. The van der Waals surface area contributed by atoms with Crippen molar-refractivity contribution in [2.75, 3.05) is 7.11 Å². The normalized spacial score (nSPS) is 16.9. The maximum absolute atomic E-state index is 5.41. The zero-order valence-electron chi connectivity index (χ0n) is 14.1. The Bertz CT molecular complexity index is 667. The highest BCUT2D eigenvalue weighted by molar-refractivity contribution is 5.83. The first-order chi connectivity index (χ1) is 10.5. The summed E-state index contributed by atoms with van der Waals surface area (Å²) < 4.78 is 5.41. The molecular weight excluding hydrogens is 272 g/mol. The predicted octanol–water partition coefficient (Wildman–Crippen LogP) is 4.98. The van der Waals surface area contributed by atoms with Crippen molar-refractivity contribution in [2.45, 2.75) is 64.2 Å². The van der Waals surface area contributed by atoms with Gasteiger partial charge in [-0.05, 0) is 31.0 Å². The Labute approximate surface area is 133 Å². The molecule has 1 aromatic heterocycles. The number of benzene rings is 1. The highest BCUT2D eigenvalue weighted by Crippen LogP contribution is 2.37. The molecule has 1 saturated carbocycles. The molecule has 3 heteroatoms. The molecule has 2 aromatic rings. The lowest BCUT2D eigenvalue weighted by atomic mass is 9.85. The Morgan fingerprint density at radius 2 is 1.77 bits per heavy atom. The van der Waals surface area contributed by atoms with Crippen LogP contribution in [0.4, 0.5) is 0 Å². The second-order valence-electron chi connectivity index (χ2n) is 7.40. The molecule has 0 spiro atoms. The maximum atomic E-state index is 5.41. The molecule has 3 rings (SSSR count). The zero-order chi connectivity index (χ0) is 15.7. The van der Waals surface area contributed by atoms with E-state index in [-0.39, 0.29) is 5.41 Å². The third-order valence-corrected chi connectivity index (χ3v) is 4.60. The summed E-state index contributed by atoms with van der Waals surface area (Å²) in [7, 11) is 1.71. The molecule has 1 aliphatic rings. The Kier molecular flexibility index (Phi) is 4.07. The van der Waals surface area contributed by atoms with Gasteiger partial charge in [0.15, 0.2) is 0 Å². The van der Waals surface area contributed by atoms with Crippen molar-refractivity contribution >= 4 is 10.9 Å². The summed E-state index contributed by atoms with van der Waals surface area (Å²) in [5.74, 6) is 2.40. The zero-order valence-corrected chi connectivity index (χ0v) is 14.1. The summed E-state index contributed by atoms with van der Waals surface area (Å²) in [6.07, 6.45) is 6.46. The lowest BCUT2D eigenvalue weighted by Gasteiger charge is -2.25. The number of hydrogen-bond acceptors (Lipinski definition) is 3. The van der Waals surface area contributed by atoms with Gasteiger partial charge in [-0.1, -0.05) is 40.0 Å². The molecule has 1 aromatic carbocycles. The second kappa shape index (κ2) is 5.86. The number of hydrogen-bond donors (Lipinski definition) is 0. The number of nitrogens with zero attached hydrogens (tertiary/aromatic N) is 2. The third-order valence-electron chi connectivity index (χ3n) is 4.60. The monoisotopic (exact) mass is 298 g/mol. The topological polar surface area (TPSA) is 35.0 Å². The number of aromatic nitrogens is 2. The molecule has 0 atom stereocenters. The smallest absolute Gasteiger partial charge is 0.134 e. The molecule has 0 saturated heterocycles. The average molecular weight is 298 g/mol.